The summed E-state index contributed by atoms with van der Waals surface area (Å²) in [6.07, 6.45) is 1.89. The van der Waals surface area contributed by atoms with Crippen LogP contribution in [0.4, 0.5) is 0 Å². The molecule has 0 saturated heterocycles. The quantitative estimate of drug-likeness (QED) is 0.605. The van der Waals surface area contributed by atoms with Crippen molar-refractivity contribution in [2.24, 2.45) is 0 Å². The van der Waals surface area contributed by atoms with Crippen LogP contribution in [0.15, 0.2) is 71.6 Å². The molecule has 2 aliphatic heterocycles. The Morgan fingerprint density at radius 3 is 2.52 bits per heavy atom. The highest BCUT2D eigenvalue weighted by atomic mass is 32.2. The summed E-state index contributed by atoms with van der Waals surface area (Å²) in [4.78, 5) is 2.63. The molecule has 3 aromatic carbocycles. The van der Waals surface area contributed by atoms with E-state index in [0.717, 1.165) is 30.5 Å². The lowest BCUT2D eigenvalue weighted by atomic mass is 9.83. The predicted molar refractivity (Wildman–Crippen MR) is 112 cm³/mol. The van der Waals surface area contributed by atoms with E-state index in [9.17, 15) is 8.42 Å². The second-order valence-corrected chi connectivity index (χ2v) is 9.39. The summed E-state index contributed by atoms with van der Waals surface area (Å²) in [5, 5.41) is 0. The zero-order valence-electron chi connectivity index (χ0n) is 16.3. The molecule has 4 nitrogen and oxygen atoms in total. The van der Waals surface area contributed by atoms with E-state index in [4.69, 9.17) is 4.18 Å². The van der Waals surface area contributed by atoms with Crippen molar-refractivity contribution >= 4 is 10.1 Å². The molecule has 0 fully saturated rings. The molecule has 0 amide bonds. The third kappa shape index (κ3) is 3.24. The van der Waals surface area contributed by atoms with Crippen LogP contribution in [-0.4, -0.2) is 19.9 Å². The minimum absolute atomic E-state index is 0.178. The van der Waals surface area contributed by atoms with Gasteiger partial charge in [0.2, 0.25) is 0 Å². The fourth-order valence-electron chi connectivity index (χ4n) is 4.55. The lowest BCUT2D eigenvalue weighted by Crippen LogP contribution is -2.39. The molecule has 1 atom stereocenters. The highest BCUT2D eigenvalue weighted by Crippen LogP contribution is 2.42. The highest BCUT2D eigenvalue weighted by Gasteiger charge is 2.34. The van der Waals surface area contributed by atoms with Crippen molar-refractivity contribution in [2.45, 2.75) is 37.2 Å². The van der Waals surface area contributed by atoms with Crippen LogP contribution in [0.1, 0.15) is 33.9 Å². The van der Waals surface area contributed by atoms with Gasteiger partial charge in [-0.15, -0.1) is 0 Å². The number of nitrogens with zero attached hydrogens (tertiary/aromatic N) is 1. The number of rotatable bonds is 3. The van der Waals surface area contributed by atoms with Gasteiger partial charge in [-0.1, -0.05) is 54.6 Å². The number of fused-ring (bicyclic) bond motifs is 4. The first kappa shape index (κ1) is 18.4. The molecule has 0 radical (unpaired) electrons. The monoisotopic (exact) mass is 405 g/mol. The van der Waals surface area contributed by atoms with Gasteiger partial charge in [0.1, 0.15) is 4.90 Å². The lowest BCUT2D eigenvalue weighted by Gasteiger charge is -2.42. The first-order valence-corrected chi connectivity index (χ1v) is 11.4. The molecule has 0 spiro atoms. The van der Waals surface area contributed by atoms with E-state index >= 15 is 0 Å². The molecular formula is C24H23NO3S. The Morgan fingerprint density at radius 1 is 0.931 bits per heavy atom. The van der Waals surface area contributed by atoms with Gasteiger partial charge in [0.15, 0.2) is 5.75 Å². The minimum Gasteiger partial charge on any atom is -0.378 e. The second-order valence-electron chi connectivity index (χ2n) is 7.84. The van der Waals surface area contributed by atoms with Gasteiger partial charge >= 0.3 is 10.1 Å². The Labute approximate surface area is 171 Å². The van der Waals surface area contributed by atoms with Crippen LogP contribution in [0.25, 0.3) is 0 Å². The average molecular weight is 406 g/mol. The van der Waals surface area contributed by atoms with Gasteiger partial charge in [-0.25, -0.2) is 0 Å². The largest absolute Gasteiger partial charge is 0.378 e. The standard InChI is InChI=1S/C24H23NO3S/c1-17-11-12-19-15-23-21-10-6-5-7-18(21)13-14-25(23)16-22(19)24(17)28-29(26,27)20-8-3-2-4-9-20/h2-12,23H,13-16H2,1H3. The van der Waals surface area contributed by atoms with E-state index in [-0.39, 0.29) is 4.90 Å². The Kier molecular flexibility index (Phi) is 4.45. The molecule has 29 heavy (non-hydrogen) atoms. The van der Waals surface area contributed by atoms with Gasteiger partial charge in [0, 0.05) is 24.7 Å². The number of hydrogen-bond acceptors (Lipinski definition) is 4. The van der Waals surface area contributed by atoms with Gasteiger partial charge in [-0.2, -0.15) is 8.42 Å². The van der Waals surface area contributed by atoms with Crippen molar-refractivity contribution in [1.82, 2.24) is 4.90 Å². The molecule has 5 rings (SSSR count). The van der Waals surface area contributed by atoms with Gasteiger partial charge in [0.05, 0.1) is 0 Å². The summed E-state index contributed by atoms with van der Waals surface area (Å²) < 4.78 is 31.4. The Balaban J connectivity index is 1.53. The van der Waals surface area contributed by atoms with Crippen LogP contribution in [0.5, 0.6) is 5.75 Å². The molecule has 2 aliphatic rings. The van der Waals surface area contributed by atoms with Crippen LogP contribution < -0.4 is 4.18 Å². The first-order valence-electron chi connectivity index (χ1n) is 9.96. The zero-order chi connectivity index (χ0) is 20.0. The van der Waals surface area contributed by atoms with Crippen molar-refractivity contribution in [3.8, 4) is 5.75 Å². The van der Waals surface area contributed by atoms with Gasteiger partial charge in [-0.3, -0.25) is 4.90 Å². The fourth-order valence-corrected chi connectivity index (χ4v) is 5.59. The molecule has 5 heteroatoms. The van der Waals surface area contributed by atoms with Gasteiger partial charge in [0.25, 0.3) is 0 Å². The van der Waals surface area contributed by atoms with Crippen molar-refractivity contribution in [2.75, 3.05) is 6.54 Å². The van der Waals surface area contributed by atoms with Crippen molar-refractivity contribution in [3.63, 3.8) is 0 Å². The molecule has 0 aliphatic carbocycles. The van der Waals surface area contributed by atoms with Crippen LogP contribution in [-0.2, 0) is 29.5 Å². The topological polar surface area (TPSA) is 46.6 Å². The maximum atomic E-state index is 12.9. The summed E-state index contributed by atoms with van der Waals surface area (Å²) >= 11 is 0. The van der Waals surface area contributed by atoms with E-state index in [1.165, 1.54) is 16.7 Å². The van der Waals surface area contributed by atoms with Crippen molar-refractivity contribution in [3.05, 3.63) is 94.5 Å². The number of aryl methyl sites for hydroxylation is 1. The summed E-state index contributed by atoms with van der Waals surface area (Å²) in [5.74, 6) is 0.490. The summed E-state index contributed by atoms with van der Waals surface area (Å²) in [7, 11) is -3.87. The summed E-state index contributed by atoms with van der Waals surface area (Å²) in [5.41, 5.74) is 5.84. The molecule has 148 valence electrons. The van der Waals surface area contributed by atoms with E-state index in [2.05, 4.69) is 35.2 Å². The normalized spacial score (nSPS) is 18.4. The highest BCUT2D eigenvalue weighted by molar-refractivity contribution is 7.87. The van der Waals surface area contributed by atoms with Crippen molar-refractivity contribution in [1.29, 1.82) is 0 Å². The molecule has 3 aromatic rings. The van der Waals surface area contributed by atoms with Crippen LogP contribution in [0, 0.1) is 6.92 Å². The third-order valence-electron chi connectivity index (χ3n) is 6.08. The Morgan fingerprint density at radius 2 is 1.69 bits per heavy atom. The van der Waals surface area contributed by atoms with E-state index < -0.39 is 10.1 Å². The fraction of sp³-hybridized carbons (Fsp3) is 0.250. The predicted octanol–water partition coefficient (Wildman–Crippen LogP) is 4.42. The molecule has 1 unspecified atom stereocenters. The van der Waals surface area contributed by atoms with Gasteiger partial charge in [-0.05, 0) is 54.2 Å². The molecule has 0 N–H and O–H groups in total. The Hall–Kier alpha value is -2.63. The third-order valence-corrected chi connectivity index (χ3v) is 7.31. The maximum absolute atomic E-state index is 12.9. The minimum atomic E-state index is -3.87. The zero-order valence-corrected chi connectivity index (χ0v) is 17.2. The van der Waals surface area contributed by atoms with E-state index in [1.54, 1.807) is 30.3 Å². The smallest absolute Gasteiger partial charge is 0.339 e. The second kappa shape index (κ2) is 7.01. The number of benzene rings is 3. The maximum Gasteiger partial charge on any atom is 0.339 e. The molecule has 2 heterocycles. The molecule has 0 saturated carbocycles. The molecule has 0 bridgehead atoms. The van der Waals surface area contributed by atoms with Gasteiger partial charge < -0.3 is 4.18 Å². The lowest BCUT2D eigenvalue weighted by molar-refractivity contribution is 0.159. The number of hydrogen-bond donors (Lipinski definition) is 0. The molecule has 0 aromatic heterocycles. The first-order chi connectivity index (χ1) is 14.0. The van der Waals surface area contributed by atoms with Crippen molar-refractivity contribution < 1.29 is 12.6 Å². The van der Waals surface area contributed by atoms with Crippen LogP contribution >= 0.6 is 0 Å². The van der Waals surface area contributed by atoms with Crippen LogP contribution in [0.3, 0.4) is 0 Å². The van der Waals surface area contributed by atoms with Crippen LogP contribution in [0.2, 0.25) is 0 Å². The molecular weight excluding hydrogens is 382 g/mol. The Bertz CT molecular complexity index is 1170. The van der Waals surface area contributed by atoms with E-state index in [1.807, 2.05) is 13.0 Å². The van der Waals surface area contributed by atoms with E-state index in [0.29, 0.717) is 18.3 Å². The summed E-state index contributed by atoms with van der Waals surface area (Å²) in [6, 6.07) is 21.4. The summed E-state index contributed by atoms with van der Waals surface area (Å²) in [6.45, 7) is 3.59. The average Bonchev–Trinajstić information content (AvgIpc) is 2.75. The SMILES string of the molecule is Cc1ccc2c(c1OS(=O)(=O)c1ccccc1)CN1CCc3ccccc3C1C2.